The van der Waals surface area contributed by atoms with Gasteiger partial charge in [0.1, 0.15) is 0 Å². The SMILES string of the molecule is CCCNCc1sc(N(CCC)CCN(C)C)nc1C. The van der Waals surface area contributed by atoms with Crippen LogP contribution in [0.15, 0.2) is 0 Å². The van der Waals surface area contributed by atoms with Gasteiger partial charge in [0.25, 0.3) is 0 Å². The van der Waals surface area contributed by atoms with Crippen LogP contribution in [0.3, 0.4) is 0 Å². The normalized spacial score (nSPS) is 11.3. The zero-order valence-corrected chi connectivity index (χ0v) is 14.5. The highest BCUT2D eigenvalue weighted by Gasteiger charge is 2.13. The number of hydrogen-bond donors (Lipinski definition) is 1. The Bertz CT molecular complexity index is 376. The summed E-state index contributed by atoms with van der Waals surface area (Å²) >= 11 is 1.84. The number of nitrogens with one attached hydrogen (secondary N) is 1. The van der Waals surface area contributed by atoms with Crippen LogP contribution in [0.25, 0.3) is 0 Å². The Morgan fingerprint density at radius 1 is 1.10 bits per heavy atom. The number of aryl methyl sites for hydroxylation is 1. The van der Waals surface area contributed by atoms with Gasteiger partial charge in [-0.2, -0.15) is 0 Å². The second-order valence-electron chi connectivity index (χ2n) is 5.47. The average Bonchev–Trinajstić information content (AvgIpc) is 2.76. The van der Waals surface area contributed by atoms with Gasteiger partial charge in [-0.25, -0.2) is 4.98 Å². The number of hydrogen-bond acceptors (Lipinski definition) is 5. The van der Waals surface area contributed by atoms with Gasteiger partial charge in [0, 0.05) is 31.1 Å². The summed E-state index contributed by atoms with van der Waals surface area (Å²) in [7, 11) is 4.24. The largest absolute Gasteiger partial charge is 0.347 e. The van der Waals surface area contributed by atoms with E-state index < -0.39 is 0 Å². The van der Waals surface area contributed by atoms with Crippen LogP contribution in [0.5, 0.6) is 0 Å². The predicted molar refractivity (Wildman–Crippen MR) is 89.9 cm³/mol. The van der Waals surface area contributed by atoms with Crippen molar-refractivity contribution in [3.8, 4) is 0 Å². The smallest absolute Gasteiger partial charge is 0.185 e. The number of rotatable bonds is 10. The Labute approximate surface area is 128 Å². The Morgan fingerprint density at radius 2 is 1.85 bits per heavy atom. The molecule has 0 aliphatic heterocycles. The van der Waals surface area contributed by atoms with E-state index in [0.29, 0.717) is 0 Å². The molecule has 1 N–H and O–H groups in total. The van der Waals surface area contributed by atoms with E-state index in [0.717, 1.165) is 39.1 Å². The summed E-state index contributed by atoms with van der Waals surface area (Å²) in [6.07, 6.45) is 2.34. The first-order chi connectivity index (χ1) is 9.58. The van der Waals surface area contributed by atoms with Crippen molar-refractivity contribution in [1.82, 2.24) is 15.2 Å². The van der Waals surface area contributed by atoms with Gasteiger partial charge in [-0.15, -0.1) is 11.3 Å². The van der Waals surface area contributed by atoms with E-state index in [1.165, 1.54) is 22.1 Å². The van der Waals surface area contributed by atoms with Crippen molar-refractivity contribution < 1.29 is 0 Å². The lowest BCUT2D eigenvalue weighted by Gasteiger charge is -2.23. The molecule has 0 radical (unpaired) electrons. The molecule has 20 heavy (non-hydrogen) atoms. The van der Waals surface area contributed by atoms with Gasteiger partial charge in [-0.05, 0) is 40.4 Å². The fourth-order valence-corrected chi connectivity index (χ4v) is 3.07. The molecule has 4 nitrogen and oxygen atoms in total. The first-order valence-corrected chi connectivity index (χ1v) is 8.46. The maximum Gasteiger partial charge on any atom is 0.185 e. The van der Waals surface area contributed by atoms with Crippen molar-refractivity contribution in [3.05, 3.63) is 10.6 Å². The minimum atomic E-state index is 0.949. The molecule has 1 aromatic rings. The number of aromatic nitrogens is 1. The van der Waals surface area contributed by atoms with Crippen LogP contribution in [-0.4, -0.2) is 50.2 Å². The Kier molecular flexibility index (Phi) is 8.11. The van der Waals surface area contributed by atoms with Crippen LogP contribution < -0.4 is 10.2 Å². The van der Waals surface area contributed by atoms with E-state index in [1.54, 1.807) is 0 Å². The molecule has 0 aliphatic carbocycles. The zero-order chi connectivity index (χ0) is 15.0. The number of anilines is 1. The standard InChI is InChI=1S/C15H30N4S/c1-6-8-16-12-14-13(3)17-15(20-14)19(9-7-2)11-10-18(4)5/h16H,6-12H2,1-5H3. The predicted octanol–water partition coefficient (Wildman–Crippen LogP) is 2.73. The lowest BCUT2D eigenvalue weighted by molar-refractivity contribution is 0.413. The minimum absolute atomic E-state index is 0.949. The van der Waals surface area contributed by atoms with Gasteiger partial charge in [0.15, 0.2) is 5.13 Å². The van der Waals surface area contributed by atoms with Crippen LogP contribution in [0.4, 0.5) is 5.13 Å². The summed E-state index contributed by atoms with van der Waals surface area (Å²) in [4.78, 5) is 10.8. The molecule has 0 aromatic carbocycles. The van der Waals surface area contributed by atoms with Gasteiger partial charge in [0.2, 0.25) is 0 Å². The zero-order valence-electron chi connectivity index (χ0n) is 13.7. The quantitative estimate of drug-likeness (QED) is 0.673. The van der Waals surface area contributed by atoms with Gasteiger partial charge >= 0.3 is 0 Å². The fraction of sp³-hybridized carbons (Fsp3) is 0.800. The van der Waals surface area contributed by atoms with Gasteiger partial charge in [0.05, 0.1) is 5.69 Å². The van der Waals surface area contributed by atoms with E-state index >= 15 is 0 Å². The van der Waals surface area contributed by atoms with Gasteiger partial charge < -0.3 is 15.1 Å². The molecule has 0 spiro atoms. The molecule has 1 aromatic heterocycles. The second kappa shape index (κ2) is 9.32. The molecule has 0 bridgehead atoms. The highest BCUT2D eigenvalue weighted by molar-refractivity contribution is 7.15. The highest BCUT2D eigenvalue weighted by atomic mass is 32.1. The summed E-state index contributed by atoms with van der Waals surface area (Å²) < 4.78 is 0. The minimum Gasteiger partial charge on any atom is -0.347 e. The molecule has 0 unspecified atom stereocenters. The fourth-order valence-electron chi connectivity index (χ4n) is 1.98. The van der Waals surface area contributed by atoms with Gasteiger partial charge in [-0.1, -0.05) is 13.8 Å². The first kappa shape index (κ1) is 17.4. The van der Waals surface area contributed by atoms with Crippen molar-refractivity contribution in [1.29, 1.82) is 0 Å². The molecule has 0 aliphatic rings. The molecule has 1 heterocycles. The highest BCUT2D eigenvalue weighted by Crippen LogP contribution is 2.26. The van der Waals surface area contributed by atoms with E-state index in [-0.39, 0.29) is 0 Å². The third-order valence-corrected chi connectivity index (χ3v) is 4.39. The van der Waals surface area contributed by atoms with Crippen molar-refractivity contribution in [3.63, 3.8) is 0 Å². The molecule has 0 saturated carbocycles. The molecule has 1 rings (SSSR count). The summed E-state index contributed by atoms with van der Waals surface area (Å²) in [6, 6.07) is 0. The molecular weight excluding hydrogens is 268 g/mol. The molecule has 0 amide bonds. The topological polar surface area (TPSA) is 31.4 Å². The van der Waals surface area contributed by atoms with Gasteiger partial charge in [-0.3, -0.25) is 0 Å². The van der Waals surface area contributed by atoms with Crippen LogP contribution >= 0.6 is 11.3 Å². The average molecular weight is 298 g/mol. The summed E-state index contributed by atoms with van der Waals surface area (Å²) in [5, 5.41) is 4.65. The van der Waals surface area contributed by atoms with Crippen LogP contribution in [-0.2, 0) is 6.54 Å². The lowest BCUT2D eigenvalue weighted by atomic mass is 10.4. The summed E-state index contributed by atoms with van der Waals surface area (Å²) in [6.45, 7) is 11.8. The first-order valence-electron chi connectivity index (χ1n) is 7.65. The number of thiazole rings is 1. The molecule has 5 heteroatoms. The van der Waals surface area contributed by atoms with E-state index in [9.17, 15) is 0 Å². The van der Waals surface area contributed by atoms with Crippen molar-refractivity contribution in [2.24, 2.45) is 0 Å². The van der Waals surface area contributed by atoms with E-state index in [4.69, 9.17) is 4.98 Å². The number of nitrogens with zero attached hydrogens (tertiary/aromatic N) is 3. The van der Waals surface area contributed by atoms with Crippen molar-refractivity contribution in [2.45, 2.75) is 40.2 Å². The Hall–Kier alpha value is -0.650. The summed E-state index contributed by atoms with van der Waals surface area (Å²) in [5.41, 5.74) is 1.18. The molecule has 0 fully saturated rings. The monoisotopic (exact) mass is 298 g/mol. The Balaban J connectivity index is 2.67. The third kappa shape index (κ3) is 5.77. The third-order valence-electron chi connectivity index (χ3n) is 3.17. The van der Waals surface area contributed by atoms with Crippen LogP contribution in [0, 0.1) is 6.92 Å². The second-order valence-corrected chi connectivity index (χ2v) is 6.53. The number of likely N-dealkylation sites (N-methyl/N-ethyl adjacent to an activating group) is 1. The molecular formula is C15H30N4S. The molecule has 0 saturated heterocycles. The van der Waals surface area contributed by atoms with E-state index in [1.807, 2.05) is 11.3 Å². The van der Waals surface area contributed by atoms with Crippen molar-refractivity contribution in [2.75, 3.05) is 45.2 Å². The maximum absolute atomic E-state index is 4.77. The summed E-state index contributed by atoms with van der Waals surface area (Å²) in [5.74, 6) is 0. The van der Waals surface area contributed by atoms with Crippen LogP contribution in [0.2, 0.25) is 0 Å². The molecule has 0 atom stereocenters. The van der Waals surface area contributed by atoms with Crippen LogP contribution in [0.1, 0.15) is 37.3 Å². The van der Waals surface area contributed by atoms with Crippen molar-refractivity contribution >= 4 is 16.5 Å². The maximum atomic E-state index is 4.77. The lowest BCUT2D eigenvalue weighted by Crippen LogP contribution is -2.32. The molecule has 116 valence electrons. The van der Waals surface area contributed by atoms with E-state index in [2.05, 4.69) is 50.0 Å². The Morgan fingerprint density at radius 3 is 2.45 bits per heavy atom.